The van der Waals surface area contributed by atoms with E-state index in [0.717, 1.165) is 47.7 Å². The van der Waals surface area contributed by atoms with Gasteiger partial charge in [-0.2, -0.15) is 31.4 Å². The van der Waals surface area contributed by atoms with Gasteiger partial charge in [0.15, 0.2) is 5.69 Å². The van der Waals surface area contributed by atoms with E-state index < -0.39 is 47.7 Å². The molecule has 2 fully saturated rings. The van der Waals surface area contributed by atoms with Gasteiger partial charge in [0.1, 0.15) is 6.04 Å². The van der Waals surface area contributed by atoms with Crippen LogP contribution in [0.15, 0.2) is 54.6 Å². The highest BCUT2D eigenvalue weighted by molar-refractivity contribution is 7.76. The van der Waals surface area contributed by atoms with Crippen molar-refractivity contribution < 1.29 is 39.9 Å². The van der Waals surface area contributed by atoms with Gasteiger partial charge in [0.25, 0.3) is 5.91 Å². The van der Waals surface area contributed by atoms with Crippen molar-refractivity contribution in [3.8, 4) is 28.1 Å². The summed E-state index contributed by atoms with van der Waals surface area (Å²) in [5.41, 5.74) is 2.57. The van der Waals surface area contributed by atoms with Crippen molar-refractivity contribution in [3.05, 3.63) is 91.9 Å². The number of halogens is 8. The highest BCUT2D eigenvalue weighted by Crippen LogP contribution is 2.40. The van der Waals surface area contributed by atoms with Gasteiger partial charge in [-0.15, -0.1) is 15.8 Å². The van der Waals surface area contributed by atoms with Crippen molar-refractivity contribution in [2.75, 3.05) is 19.6 Å². The molecule has 0 spiro atoms. The first-order valence-corrected chi connectivity index (χ1v) is 18.9. The highest BCUT2D eigenvalue weighted by atomic mass is 35.5. The molecular weight excluding hydrogens is 789 g/mol. The van der Waals surface area contributed by atoms with E-state index in [-0.39, 0.29) is 47.0 Å². The van der Waals surface area contributed by atoms with Gasteiger partial charge in [-0.1, -0.05) is 41.5 Å². The van der Waals surface area contributed by atoms with Crippen LogP contribution in [0.25, 0.3) is 16.3 Å². The first-order valence-electron chi connectivity index (χ1n) is 16.2. The van der Waals surface area contributed by atoms with Crippen molar-refractivity contribution >= 4 is 51.7 Å². The first kappa shape index (κ1) is 39.2. The summed E-state index contributed by atoms with van der Waals surface area (Å²) in [6.07, 6.45) is -6.78. The number of hydrazine groups is 2. The third-order valence-corrected chi connectivity index (χ3v) is 10.9. The molecule has 0 aliphatic carbocycles. The zero-order valence-corrected chi connectivity index (χ0v) is 30.6. The number of alkyl halides is 6. The molecule has 0 radical (unpaired) electrons. The van der Waals surface area contributed by atoms with E-state index in [0.29, 0.717) is 37.8 Å². The minimum absolute atomic E-state index is 0.0323. The fraction of sp³-hybridized carbons (Fsp3) is 0.353. The number of carbonyl (C=O) groups is 1. The molecule has 2 aliphatic heterocycles. The Kier molecular flexibility index (Phi) is 11.9. The average Bonchev–Trinajstić information content (AvgIpc) is 3.85. The molecule has 4 aromatic rings. The number of hydrogen-bond donors (Lipinski definition) is 2. The van der Waals surface area contributed by atoms with Gasteiger partial charge in [-0.05, 0) is 80.3 Å². The van der Waals surface area contributed by atoms with Crippen LogP contribution in [0.3, 0.4) is 0 Å². The van der Waals surface area contributed by atoms with Crippen molar-refractivity contribution in [1.29, 1.82) is 0 Å². The normalized spacial score (nSPS) is 17.9. The van der Waals surface area contributed by atoms with Gasteiger partial charge in [0.05, 0.1) is 38.3 Å². The number of amides is 1. The third kappa shape index (κ3) is 9.09. The van der Waals surface area contributed by atoms with Crippen LogP contribution >= 0.6 is 34.5 Å². The molecule has 2 aromatic heterocycles. The smallest absolute Gasteiger partial charge is 0.293 e. The fourth-order valence-electron chi connectivity index (χ4n) is 6.20. The molecule has 6 rings (SSSR count). The predicted octanol–water partition coefficient (Wildman–Crippen LogP) is 8.34. The number of hydrogen-bond acceptors (Lipinski definition) is 6. The molecule has 1 unspecified atom stereocenters. The van der Waals surface area contributed by atoms with Crippen molar-refractivity contribution in [2.24, 2.45) is 0 Å². The van der Waals surface area contributed by atoms with Crippen LogP contribution in [-0.4, -0.2) is 70.7 Å². The zero-order valence-electron chi connectivity index (χ0n) is 27.5. The largest absolute Gasteiger partial charge is 0.416 e. The standard InChI is InChI=1S/C34H30Cl2F6N6O3S2/c35-23-11-14-27(26(36)19-23)48-31(28-15-13-24(52-28)12-8-21-6-9-22(10-7-21)33(37,38)39)25(30(43-48)32(49)44-45-16-2-1-3-17-45)20-47(53(50)51)46-18-4-5-29(46)34(40,41)42/h6-7,9-11,13-15,19,29H,1-5,16-18,20H2,(H,44,49)(H,50,51)/t29-/m1/s1. The number of rotatable bonds is 8. The molecule has 2 aliphatic rings. The Morgan fingerprint density at radius 2 is 1.70 bits per heavy atom. The summed E-state index contributed by atoms with van der Waals surface area (Å²) in [5.74, 6) is 5.04. The minimum atomic E-state index is -4.71. The van der Waals surface area contributed by atoms with E-state index in [1.54, 1.807) is 17.1 Å². The predicted molar refractivity (Wildman–Crippen MR) is 189 cm³/mol. The molecule has 2 saturated heterocycles. The lowest BCUT2D eigenvalue weighted by atomic mass is 10.1. The quantitative estimate of drug-likeness (QED) is 0.106. The number of nitrogens with zero attached hydrogens (tertiary/aromatic N) is 5. The maximum atomic E-state index is 14.1. The summed E-state index contributed by atoms with van der Waals surface area (Å²) in [6, 6.07) is 10.0. The van der Waals surface area contributed by atoms with Crippen LogP contribution in [0.4, 0.5) is 26.3 Å². The molecule has 53 heavy (non-hydrogen) atoms. The topological polar surface area (TPSA) is 93.9 Å². The summed E-state index contributed by atoms with van der Waals surface area (Å²) in [7, 11) is 0. The Hall–Kier alpha value is -3.47. The van der Waals surface area contributed by atoms with Crippen LogP contribution in [-0.2, 0) is 24.0 Å². The lowest BCUT2D eigenvalue weighted by molar-refractivity contribution is -0.198. The van der Waals surface area contributed by atoms with Crippen molar-refractivity contribution in [3.63, 3.8) is 0 Å². The van der Waals surface area contributed by atoms with E-state index in [1.165, 1.54) is 35.0 Å². The second kappa shape index (κ2) is 16.1. The summed E-state index contributed by atoms with van der Waals surface area (Å²) < 4.78 is 107. The van der Waals surface area contributed by atoms with E-state index >= 15 is 0 Å². The van der Waals surface area contributed by atoms with Crippen molar-refractivity contribution in [2.45, 2.75) is 57.0 Å². The Morgan fingerprint density at radius 1 is 0.981 bits per heavy atom. The van der Waals surface area contributed by atoms with Gasteiger partial charge >= 0.3 is 12.4 Å². The number of piperidine rings is 1. The molecule has 0 bridgehead atoms. The molecule has 282 valence electrons. The van der Waals surface area contributed by atoms with Gasteiger partial charge < -0.3 is 0 Å². The lowest BCUT2D eigenvalue weighted by Gasteiger charge is -2.34. The van der Waals surface area contributed by atoms with Crippen molar-refractivity contribution in [1.82, 2.24) is 29.6 Å². The van der Waals surface area contributed by atoms with E-state index in [1.807, 2.05) is 0 Å². The number of benzene rings is 2. The van der Waals surface area contributed by atoms with E-state index in [2.05, 4.69) is 22.4 Å². The number of nitrogens with one attached hydrogen (secondary N) is 1. The molecule has 0 saturated carbocycles. The molecule has 4 heterocycles. The maximum Gasteiger partial charge on any atom is 0.416 e. The SMILES string of the molecule is O=C(NN1CCCCC1)c1nn(-c2ccc(Cl)cc2Cl)c(-c2ccc(C#Cc3ccc(C(F)(F)F)cc3)s2)c1CN(N1CCC[C@@H]1C(F)(F)F)S(=O)O. The minimum Gasteiger partial charge on any atom is -0.293 e. The molecular formula is C34H30Cl2F6N6O3S2. The summed E-state index contributed by atoms with van der Waals surface area (Å²) in [6.45, 7) is 0.305. The number of carbonyl (C=O) groups excluding carboxylic acids is 1. The Morgan fingerprint density at radius 3 is 2.34 bits per heavy atom. The monoisotopic (exact) mass is 818 g/mol. The molecule has 2 atom stereocenters. The average molecular weight is 820 g/mol. The maximum absolute atomic E-state index is 14.1. The number of aromatic nitrogens is 2. The summed E-state index contributed by atoms with van der Waals surface area (Å²) in [5, 5.41) is 7.56. The fourth-order valence-corrected chi connectivity index (χ4v) is 8.22. The lowest BCUT2D eigenvalue weighted by Crippen LogP contribution is -2.51. The first-order chi connectivity index (χ1) is 25.1. The second-order valence-electron chi connectivity index (χ2n) is 12.3. The Bertz CT molecular complexity index is 2060. The van der Waals surface area contributed by atoms with Gasteiger partial charge in [0.2, 0.25) is 11.3 Å². The van der Waals surface area contributed by atoms with Gasteiger partial charge in [0, 0.05) is 35.8 Å². The second-order valence-corrected chi connectivity index (χ2v) is 15.1. The highest BCUT2D eigenvalue weighted by Gasteiger charge is 2.49. The van der Waals surface area contributed by atoms with Crippen LogP contribution in [0, 0.1) is 11.8 Å². The summed E-state index contributed by atoms with van der Waals surface area (Å²) in [4.78, 5) is 14.9. The summed E-state index contributed by atoms with van der Waals surface area (Å²) >= 11 is 11.0. The van der Waals surface area contributed by atoms with Gasteiger partial charge in [-0.25, -0.2) is 18.9 Å². The molecule has 1 amide bonds. The van der Waals surface area contributed by atoms with Crippen LogP contribution in [0.5, 0.6) is 0 Å². The molecule has 2 aromatic carbocycles. The molecule has 9 nitrogen and oxygen atoms in total. The van der Waals surface area contributed by atoms with Crippen LogP contribution < -0.4 is 5.43 Å². The van der Waals surface area contributed by atoms with E-state index in [9.17, 15) is 39.9 Å². The van der Waals surface area contributed by atoms with Crippen LogP contribution in [0.2, 0.25) is 10.0 Å². The Labute approximate surface area is 316 Å². The Balaban J connectivity index is 1.49. The van der Waals surface area contributed by atoms with Crippen LogP contribution in [0.1, 0.15) is 64.2 Å². The molecule has 19 heteroatoms. The zero-order chi connectivity index (χ0) is 38.1. The van der Waals surface area contributed by atoms with Gasteiger partial charge in [-0.3, -0.25) is 14.8 Å². The molecule has 2 N–H and O–H groups in total. The number of thiophene rings is 1. The van der Waals surface area contributed by atoms with E-state index in [4.69, 9.17) is 23.2 Å². The third-order valence-electron chi connectivity index (χ3n) is 8.70.